The highest BCUT2D eigenvalue weighted by atomic mass is 16.5. The molecule has 30 heavy (non-hydrogen) atoms. The molecular weight excluding hydrogens is 380 g/mol. The number of aryl methyl sites for hydroxylation is 1. The first-order chi connectivity index (χ1) is 14.5. The van der Waals surface area contributed by atoms with Gasteiger partial charge in [-0.05, 0) is 30.4 Å². The molecule has 1 amide bonds. The number of rotatable bonds is 7. The molecule has 1 N–H and O–H groups in total. The first-order valence-electron chi connectivity index (χ1n) is 10.6. The van der Waals surface area contributed by atoms with Gasteiger partial charge < -0.3 is 14.6 Å². The molecule has 0 spiro atoms. The Kier molecular flexibility index (Phi) is 5.99. The van der Waals surface area contributed by atoms with Crippen molar-refractivity contribution in [3.05, 3.63) is 58.6 Å². The summed E-state index contributed by atoms with van der Waals surface area (Å²) < 4.78 is 8.67. The second kappa shape index (κ2) is 8.83. The van der Waals surface area contributed by atoms with Gasteiger partial charge in [-0.15, -0.1) is 0 Å². The number of hydrogen-bond acceptors (Lipinski definition) is 4. The quantitative estimate of drug-likeness (QED) is 0.652. The maximum Gasteiger partial charge on any atom is 0.276 e. The van der Waals surface area contributed by atoms with E-state index in [9.17, 15) is 9.59 Å². The summed E-state index contributed by atoms with van der Waals surface area (Å²) in [6, 6.07) is 10.1. The number of carbonyl (C=O) groups excluding carboxylic acids is 1. The van der Waals surface area contributed by atoms with Crippen molar-refractivity contribution in [2.24, 2.45) is 0 Å². The number of benzene rings is 1. The molecule has 0 aliphatic carbocycles. The van der Waals surface area contributed by atoms with Crippen LogP contribution in [0.1, 0.15) is 44.6 Å². The summed E-state index contributed by atoms with van der Waals surface area (Å²) in [6.45, 7) is 5.95. The van der Waals surface area contributed by atoms with Gasteiger partial charge in [-0.3, -0.25) is 9.59 Å². The Bertz CT molecular complexity index is 1080. The molecule has 1 aliphatic heterocycles. The Morgan fingerprint density at radius 3 is 2.77 bits per heavy atom. The molecule has 3 heterocycles. The predicted molar refractivity (Wildman–Crippen MR) is 116 cm³/mol. The van der Waals surface area contributed by atoms with Crippen LogP contribution in [-0.2, 0) is 16.1 Å². The van der Waals surface area contributed by atoms with Crippen LogP contribution in [0.3, 0.4) is 0 Å². The summed E-state index contributed by atoms with van der Waals surface area (Å²) in [5.41, 5.74) is 3.35. The average molecular weight is 409 g/mol. The van der Waals surface area contributed by atoms with E-state index in [0.29, 0.717) is 24.5 Å². The molecule has 0 unspecified atom stereocenters. The van der Waals surface area contributed by atoms with Crippen molar-refractivity contribution in [2.45, 2.75) is 51.7 Å². The highest BCUT2D eigenvalue weighted by Crippen LogP contribution is 2.22. The predicted octanol–water partition coefficient (Wildman–Crippen LogP) is 2.97. The molecule has 7 nitrogen and oxygen atoms in total. The van der Waals surface area contributed by atoms with Gasteiger partial charge in [0, 0.05) is 44.1 Å². The van der Waals surface area contributed by atoms with E-state index < -0.39 is 0 Å². The van der Waals surface area contributed by atoms with Crippen LogP contribution >= 0.6 is 0 Å². The van der Waals surface area contributed by atoms with Crippen molar-refractivity contribution < 1.29 is 9.53 Å². The standard InChI is InChI=1S/C23H28N4O3/c1-16(2)17-5-7-18(8-6-17)20-14-21-23(29)26(11-12-27(21)25-20)10-9-22(28)24-15-19-4-3-13-30-19/h5-8,11-12,14,16,19H,3-4,9-10,13,15H2,1-2H3,(H,24,28)/t19-/m1/s1. The Labute approximate surface area is 175 Å². The second-order valence-electron chi connectivity index (χ2n) is 8.12. The minimum Gasteiger partial charge on any atom is -0.376 e. The van der Waals surface area contributed by atoms with Crippen LogP contribution in [0.5, 0.6) is 0 Å². The average Bonchev–Trinajstić information content (AvgIpc) is 3.42. The zero-order valence-electron chi connectivity index (χ0n) is 17.5. The lowest BCUT2D eigenvalue weighted by Crippen LogP contribution is -2.33. The number of amides is 1. The molecule has 158 valence electrons. The minimum absolute atomic E-state index is 0.0725. The first kappa shape index (κ1) is 20.3. The Balaban J connectivity index is 1.44. The molecule has 0 bridgehead atoms. The zero-order valence-corrected chi connectivity index (χ0v) is 17.5. The topological polar surface area (TPSA) is 77.6 Å². The van der Waals surface area contributed by atoms with Crippen LogP contribution in [0, 0.1) is 0 Å². The minimum atomic E-state index is -0.151. The highest BCUT2D eigenvalue weighted by Gasteiger charge is 2.16. The Hall–Kier alpha value is -2.93. The van der Waals surface area contributed by atoms with Gasteiger partial charge in [0.05, 0.1) is 11.8 Å². The smallest absolute Gasteiger partial charge is 0.276 e. The van der Waals surface area contributed by atoms with Crippen molar-refractivity contribution >= 4 is 11.4 Å². The zero-order chi connectivity index (χ0) is 21.1. The van der Waals surface area contributed by atoms with Crippen LogP contribution in [0.15, 0.2) is 47.5 Å². The van der Waals surface area contributed by atoms with E-state index >= 15 is 0 Å². The second-order valence-corrected chi connectivity index (χ2v) is 8.12. The van der Waals surface area contributed by atoms with Gasteiger partial charge in [0.15, 0.2) is 0 Å². The van der Waals surface area contributed by atoms with E-state index in [-0.39, 0.29) is 24.0 Å². The fraction of sp³-hybridized carbons (Fsp3) is 0.435. The Morgan fingerprint density at radius 2 is 2.07 bits per heavy atom. The molecule has 1 aromatic carbocycles. The number of nitrogens with one attached hydrogen (secondary N) is 1. The van der Waals surface area contributed by atoms with Crippen molar-refractivity contribution in [1.82, 2.24) is 19.5 Å². The van der Waals surface area contributed by atoms with E-state index in [4.69, 9.17) is 4.74 Å². The summed E-state index contributed by atoms with van der Waals surface area (Å²) in [7, 11) is 0. The molecule has 3 aromatic rings. The van der Waals surface area contributed by atoms with Crippen LogP contribution < -0.4 is 10.9 Å². The van der Waals surface area contributed by atoms with E-state index in [2.05, 4.69) is 36.4 Å². The van der Waals surface area contributed by atoms with Gasteiger partial charge in [-0.1, -0.05) is 38.1 Å². The third-order valence-corrected chi connectivity index (χ3v) is 5.61. The van der Waals surface area contributed by atoms with Crippen LogP contribution in [0.4, 0.5) is 0 Å². The van der Waals surface area contributed by atoms with Gasteiger partial charge in [0.2, 0.25) is 5.91 Å². The maximum absolute atomic E-state index is 12.8. The lowest BCUT2D eigenvalue weighted by Gasteiger charge is -2.11. The van der Waals surface area contributed by atoms with Crippen molar-refractivity contribution in [3.8, 4) is 11.3 Å². The first-order valence-corrected chi connectivity index (χ1v) is 10.6. The van der Waals surface area contributed by atoms with E-state index in [1.54, 1.807) is 27.5 Å². The fourth-order valence-electron chi connectivity index (χ4n) is 3.73. The summed E-state index contributed by atoms with van der Waals surface area (Å²) in [5.74, 6) is 0.395. The number of nitrogens with zero attached hydrogens (tertiary/aromatic N) is 3. The molecule has 7 heteroatoms. The summed E-state index contributed by atoms with van der Waals surface area (Å²) >= 11 is 0. The van der Waals surface area contributed by atoms with Crippen LogP contribution in [0.2, 0.25) is 0 Å². The molecule has 1 aliphatic rings. The van der Waals surface area contributed by atoms with E-state index in [1.807, 2.05) is 12.1 Å². The maximum atomic E-state index is 12.8. The lowest BCUT2D eigenvalue weighted by atomic mass is 10.0. The van der Waals surface area contributed by atoms with Gasteiger partial charge in [0.1, 0.15) is 5.52 Å². The Morgan fingerprint density at radius 1 is 1.27 bits per heavy atom. The molecule has 1 fully saturated rings. The van der Waals surface area contributed by atoms with Gasteiger partial charge in [-0.2, -0.15) is 5.10 Å². The summed E-state index contributed by atoms with van der Waals surface area (Å²) in [5, 5.41) is 7.43. The number of aromatic nitrogens is 3. The third-order valence-electron chi connectivity index (χ3n) is 5.61. The van der Waals surface area contributed by atoms with E-state index in [1.165, 1.54) is 5.56 Å². The molecule has 1 saturated heterocycles. The molecule has 2 aromatic heterocycles. The molecule has 0 radical (unpaired) electrons. The van der Waals surface area contributed by atoms with Gasteiger partial charge in [-0.25, -0.2) is 4.52 Å². The SMILES string of the molecule is CC(C)c1ccc(-c2cc3c(=O)n(CCC(=O)NC[C@H]4CCCO4)ccn3n2)cc1. The van der Waals surface area contributed by atoms with Gasteiger partial charge in [0.25, 0.3) is 5.56 Å². The number of carbonyl (C=O) groups is 1. The number of ether oxygens (including phenoxy) is 1. The molecule has 0 saturated carbocycles. The lowest BCUT2D eigenvalue weighted by molar-refractivity contribution is -0.121. The fourth-order valence-corrected chi connectivity index (χ4v) is 3.73. The van der Waals surface area contributed by atoms with Crippen LogP contribution in [0.25, 0.3) is 16.8 Å². The number of fused-ring (bicyclic) bond motifs is 1. The van der Waals surface area contributed by atoms with Crippen molar-refractivity contribution in [2.75, 3.05) is 13.2 Å². The normalized spacial score (nSPS) is 16.4. The number of hydrogen-bond donors (Lipinski definition) is 1. The van der Waals surface area contributed by atoms with Crippen molar-refractivity contribution in [3.63, 3.8) is 0 Å². The van der Waals surface area contributed by atoms with E-state index in [0.717, 1.165) is 30.7 Å². The monoisotopic (exact) mass is 408 g/mol. The molecular formula is C23H28N4O3. The van der Waals surface area contributed by atoms with Crippen molar-refractivity contribution in [1.29, 1.82) is 0 Å². The largest absolute Gasteiger partial charge is 0.376 e. The molecule has 4 rings (SSSR count). The van der Waals surface area contributed by atoms with Crippen LogP contribution in [-0.4, -0.2) is 39.3 Å². The third kappa shape index (κ3) is 4.46. The summed E-state index contributed by atoms with van der Waals surface area (Å²) in [6.07, 6.45) is 5.84. The summed E-state index contributed by atoms with van der Waals surface area (Å²) in [4.78, 5) is 25.0. The van der Waals surface area contributed by atoms with Gasteiger partial charge >= 0.3 is 0 Å². The highest BCUT2D eigenvalue weighted by molar-refractivity contribution is 5.75. The molecule has 1 atom stereocenters.